The largest absolute Gasteiger partial charge is 0.494 e. The number of carbonyl (C=O) groups excluding carboxylic acids is 1. The van der Waals surface area contributed by atoms with E-state index in [2.05, 4.69) is 4.98 Å². The maximum Gasteiger partial charge on any atom is 0.222 e. The molecule has 0 radical (unpaired) electrons. The number of pyridine rings is 1. The Bertz CT molecular complexity index is 900. The number of ether oxygens (including phenoxy) is 2. The molecule has 2 heterocycles. The molecule has 1 atom stereocenters. The first-order valence-corrected chi connectivity index (χ1v) is 11.5. The van der Waals surface area contributed by atoms with E-state index < -0.39 is 9.84 Å². The maximum absolute atomic E-state index is 12.4. The van der Waals surface area contributed by atoms with Gasteiger partial charge in [-0.15, -0.1) is 0 Å². The summed E-state index contributed by atoms with van der Waals surface area (Å²) in [6.45, 7) is 2.24. The van der Waals surface area contributed by atoms with Gasteiger partial charge in [-0.3, -0.25) is 9.78 Å². The van der Waals surface area contributed by atoms with Crippen molar-refractivity contribution >= 4 is 15.7 Å². The zero-order chi connectivity index (χ0) is 20.7. The zero-order valence-electron chi connectivity index (χ0n) is 16.5. The predicted octanol–water partition coefficient (Wildman–Crippen LogP) is 2.46. The van der Waals surface area contributed by atoms with E-state index in [1.54, 1.807) is 24.5 Å². The van der Waals surface area contributed by atoms with E-state index in [0.717, 1.165) is 12.0 Å². The molecule has 7 nitrogen and oxygen atoms in total. The van der Waals surface area contributed by atoms with Gasteiger partial charge < -0.3 is 14.4 Å². The van der Waals surface area contributed by atoms with Crippen molar-refractivity contribution in [3.8, 4) is 5.75 Å². The lowest BCUT2D eigenvalue weighted by Crippen LogP contribution is -2.30. The lowest BCUT2D eigenvalue weighted by Gasteiger charge is -2.17. The third-order valence-electron chi connectivity index (χ3n) is 4.76. The van der Waals surface area contributed by atoms with Crippen molar-refractivity contribution in [3.63, 3.8) is 0 Å². The number of hydrogen-bond acceptors (Lipinski definition) is 6. The first-order chi connectivity index (χ1) is 13.9. The summed E-state index contributed by atoms with van der Waals surface area (Å²) >= 11 is 0. The molecule has 0 N–H and O–H groups in total. The minimum Gasteiger partial charge on any atom is -0.494 e. The molecule has 0 spiro atoms. The molecule has 2 aromatic rings. The van der Waals surface area contributed by atoms with Crippen LogP contribution >= 0.6 is 0 Å². The summed E-state index contributed by atoms with van der Waals surface area (Å²) in [6.07, 6.45) is 6.60. The van der Waals surface area contributed by atoms with Crippen LogP contribution in [0.25, 0.3) is 0 Å². The summed E-state index contributed by atoms with van der Waals surface area (Å²) in [5.74, 6) is 0.698. The maximum atomic E-state index is 12.4. The highest BCUT2D eigenvalue weighted by atomic mass is 32.2. The normalized spacial score (nSPS) is 16.7. The number of hydrogen-bond donors (Lipinski definition) is 0. The summed E-state index contributed by atoms with van der Waals surface area (Å²) in [4.78, 5) is 18.5. The Morgan fingerprint density at radius 1 is 1.24 bits per heavy atom. The van der Waals surface area contributed by atoms with Crippen LogP contribution in [0.4, 0.5) is 0 Å². The fourth-order valence-electron chi connectivity index (χ4n) is 3.14. The zero-order valence-corrected chi connectivity index (χ0v) is 17.3. The average molecular weight is 419 g/mol. The minimum atomic E-state index is -3.21. The van der Waals surface area contributed by atoms with Gasteiger partial charge in [-0.2, -0.15) is 0 Å². The van der Waals surface area contributed by atoms with Crippen molar-refractivity contribution in [1.82, 2.24) is 9.88 Å². The highest BCUT2D eigenvalue weighted by Gasteiger charge is 2.26. The fraction of sp³-hybridized carbons (Fsp3) is 0.429. The molecule has 1 saturated heterocycles. The number of amides is 1. The summed E-state index contributed by atoms with van der Waals surface area (Å²) in [6, 6.07) is 10.1. The fourth-order valence-corrected chi connectivity index (χ4v) is 3.77. The first kappa shape index (κ1) is 21.3. The van der Waals surface area contributed by atoms with E-state index >= 15 is 0 Å². The Labute approximate surface area is 171 Å². The van der Waals surface area contributed by atoms with Crippen molar-refractivity contribution in [1.29, 1.82) is 0 Å². The summed E-state index contributed by atoms with van der Waals surface area (Å²) in [5, 5.41) is 0. The van der Waals surface area contributed by atoms with Crippen LogP contribution in [0.2, 0.25) is 0 Å². The van der Waals surface area contributed by atoms with E-state index in [0.29, 0.717) is 44.9 Å². The SMILES string of the molecule is CS(=O)(=O)c1ccc(OCCCC(=O)N2CC[C@H](OCc3cccnc3)C2)cc1. The van der Waals surface area contributed by atoms with Crippen molar-refractivity contribution in [2.45, 2.75) is 36.9 Å². The Morgan fingerprint density at radius 2 is 2.03 bits per heavy atom. The highest BCUT2D eigenvalue weighted by molar-refractivity contribution is 7.90. The molecule has 3 rings (SSSR count). The second-order valence-electron chi connectivity index (χ2n) is 7.12. The Morgan fingerprint density at radius 3 is 2.72 bits per heavy atom. The van der Waals surface area contributed by atoms with E-state index in [1.807, 2.05) is 17.0 Å². The van der Waals surface area contributed by atoms with Gasteiger partial charge in [-0.05, 0) is 48.7 Å². The van der Waals surface area contributed by atoms with E-state index in [9.17, 15) is 13.2 Å². The summed E-state index contributed by atoms with van der Waals surface area (Å²) in [7, 11) is -3.21. The van der Waals surface area contributed by atoms with Crippen LogP contribution in [-0.4, -0.2) is 56.3 Å². The third kappa shape index (κ3) is 6.54. The minimum absolute atomic E-state index is 0.0590. The summed E-state index contributed by atoms with van der Waals surface area (Å²) < 4.78 is 34.4. The van der Waals surface area contributed by atoms with Gasteiger partial charge >= 0.3 is 0 Å². The second kappa shape index (κ2) is 9.84. The van der Waals surface area contributed by atoms with Gasteiger partial charge in [-0.1, -0.05) is 6.07 Å². The Balaban J connectivity index is 1.33. The van der Waals surface area contributed by atoms with Crippen molar-refractivity contribution < 1.29 is 22.7 Å². The van der Waals surface area contributed by atoms with Gasteiger partial charge in [0.15, 0.2) is 9.84 Å². The predicted molar refractivity (Wildman–Crippen MR) is 108 cm³/mol. The summed E-state index contributed by atoms with van der Waals surface area (Å²) in [5.41, 5.74) is 1.03. The number of aromatic nitrogens is 1. The van der Waals surface area contributed by atoms with Crippen LogP contribution in [0.15, 0.2) is 53.7 Å². The molecule has 0 saturated carbocycles. The van der Waals surface area contributed by atoms with Crippen LogP contribution in [0.1, 0.15) is 24.8 Å². The lowest BCUT2D eigenvalue weighted by atomic mass is 10.3. The molecule has 1 aromatic heterocycles. The molecular weight excluding hydrogens is 392 g/mol. The molecule has 0 unspecified atom stereocenters. The van der Waals surface area contributed by atoms with Crippen LogP contribution in [-0.2, 0) is 26.0 Å². The number of sulfone groups is 1. The van der Waals surface area contributed by atoms with E-state index in [4.69, 9.17) is 9.47 Å². The van der Waals surface area contributed by atoms with Gasteiger partial charge in [0.25, 0.3) is 0 Å². The number of likely N-dealkylation sites (tertiary alicyclic amines) is 1. The molecule has 8 heteroatoms. The Kier molecular flexibility index (Phi) is 7.22. The topological polar surface area (TPSA) is 85.8 Å². The molecule has 0 bridgehead atoms. The number of benzene rings is 1. The van der Waals surface area contributed by atoms with Gasteiger partial charge in [0.05, 0.1) is 24.2 Å². The highest BCUT2D eigenvalue weighted by Crippen LogP contribution is 2.18. The molecule has 29 heavy (non-hydrogen) atoms. The molecule has 1 aliphatic rings. The van der Waals surface area contributed by atoms with Crippen molar-refractivity contribution in [2.75, 3.05) is 26.0 Å². The quantitative estimate of drug-likeness (QED) is 0.582. The van der Waals surface area contributed by atoms with Gasteiger partial charge in [-0.25, -0.2) is 8.42 Å². The van der Waals surface area contributed by atoms with Crippen LogP contribution in [0.3, 0.4) is 0 Å². The molecule has 1 aromatic carbocycles. The van der Waals surface area contributed by atoms with E-state index in [-0.39, 0.29) is 16.9 Å². The number of carbonyl (C=O) groups is 1. The van der Waals surface area contributed by atoms with Gasteiger partial charge in [0.2, 0.25) is 5.91 Å². The smallest absolute Gasteiger partial charge is 0.222 e. The Hall–Kier alpha value is -2.45. The molecule has 1 amide bonds. The number of nitrogens with zero attached hydrogens (tertiary/aromatic N) is 2. The second-order valence-corrected chi connectivity index (χ2v) is 9.13. The average Bonchev–Trinajstić information content (AvgIpc) is 3.19. The molecule has 156 valence electrons. The lowest BCUT2D eigenvalue weighted by molar-refractivity contribution is -0.130. The molecule has 0 aliphatic carbocycles. The van der Waals surface area contributed by atoms with Crippen LogP contribution in [0.5, 0.6) is 5.75 Å². The van der Waals surface area contributed by atoms with Crippen molar-refractivity contribution in [2.24, 2.45) is 0 Å². The van der Waals surface area contributed by atoms with Gasteiger partial charge in [0, 0.05) is 38.2 Å². The van der Waals surface area contributed by atoms with E-state index in [1.165, 1.54) is 18.4 Å². The van der Waals surface area contributed by atoms with Gasteiger partial charge in [0.1, 0.15) is 5.75 Å². The molecular formula is C21H26N2O5S. The molecule has 1 fully saturated rings. The van der Waals surface area contributed by atoms with Crippen LogP contribution < -0.4 is 4.74 Å². The van der Waals surface area contributed by atoms with Crippen LogP contribution in [0, 0.1) is 0 Å². The monoisotopic (exact) mass is 418 g/mol. The number of rotatable bonds is 9. The third-order valence-corrected chi connectivity index (χ3v) is 5.89. The molecule has 1 aliphatic heterocycles. The first-order valence-electron chi connectivity index (χ1n) is 9.63. The standard InChI is InChI=1S/C21H26N2O5S/c1-29(25,26)20-8-6-18(7-9-20)27-13-3-5-21(24)23-12-10-19(15-23)28-16-17-4-2-11-22-14-17/h2,4,6-9,11,14,19H,3,5,10,12-13,15-16H2,1H3/t19-/m0/s1. The van der Waals surface area contributed by atoms with Crippen molar-refractivity contribution in [3.05, 3.63) is 54.4 Å².